The Kier molecular flexibility index (Phi) is 4.36. The molecule has 0 aliphatic rings. The van der Waals surface area contributed by atoms with Crippen molar-refractivity contribution in [3.63, 3.8) is 0 Å². The fraction of sp³-hybridized carbons (Fsp3) is 0.357. The van der Waals surface area contributed by atoms with Crippen molar-refractivity contribution in [2.24, 2.45) is 0 Å². The molecule has 18 heavy (non-hydrogen) atoms. The summed E-state index contributed by atoms with van der Waals surface area (Å²) in [5, 5.41) is 11.0. The number of nitrogens with one attached hydrogen (secondary N) is 1. The van der Waals surface area contributed by atoms with Gasteiger partial charge in [-0.15, -0.1) is 0 Å². The molecule has 0 aromatic carbocycles. The van der Waals surface area contributed by atoms with Gasteiger partial charge in [-0.3, -0.25) is 4.98 Å². The van der Waals surface area contributed by atoms with Gasteiger partial charge in [-0.1, -0.05) is 13.0 Å². The van der Waals surface area contributed by atoms with E-state index in [1.54, 1.807) is 12.4 Å². The molecule has 1 N–H and O–H groups in total. The van der Waals surface area contributed by atoms with Crippen LogP contribution in [0.1, 0.15) is 29.8 Å². The molecule has 0 aliphatic carbocycles. The summed E-state index contributed by atoms with van der Waals surface area (Å²) in [5.74, 6) is 0. The Labute approximate surface area is 107 Å². The fourth-order valence-electron chi connectivity index (χ4n) is 1.89. The van der Waals surface area contributed by atoms with Gasteiger partial charge in [0.1, 0.15) is 0 Å². The van der Waals surface area contributed by atoms with Crippen molar-refractivity contribution in [1.82, 2.24) is 20.5 Å². The molecule has 94 valence electrons. The minimum Gasteiger partial charge on any atom is -0.313 e. The monoisotopic (exact) mass is 242 g/mol. The number of hydrogen-bond donors (Lipinski definition) is 1. The summed E-state index contributed by atoms with van der Waals surface area (Å²) in [6.07, 6.45) is 7.34. The highest BCUT2D eigenvalue weighted by molar-refractivity contribution is 5.18. The van der Waals surface area contributed by atoms with Crippen molar-refractivity contribution in [1.29, 1.82) is 0 Å². The molecule has 0 bridgehead atoms. The van der Waals surface area contributed by atoms with E-state index in [9.17, 15) is 0 Å². The number of nitrogens with zero attached hydrogens (tertiary/aromatic N) is 3. The average Bonchev–Trinajstić information content (AvgIpc) is 2.46. The van der Waals surface area contributed by atoms with E-state index in [4.69, 9.17) is 0 Å². The molecule has 2 aromatic rings. The Balaban J connectivity index is 2.10. The lowest BCUT2D eigenvalue weighted by atomic mass is 10.0. The molecule has 4 heteroatoms. The van der Waals surface area contributed by atoms with Crippen LogP contribution < -0.4 is 5.32 Å². The lowest BCUT2D eigenvalue weighted by molar-refractivity contribution is 0.580. The Bertz CT molecular complexity index is 467. The smallest absolute Gasteiger partial charge is 0.0544 e. The van der Waals surface area contributed by atoms with Crippen LogP contribution in [0, 0.1) is 0 Å². The lowest BCUT2D eigenvalue weighted by Crippen LogP contribution is -2.19. The summed E-state index contributed by atoms with van der Waals surface area (Å²) in [6, 6.07) is 6.44. The summed E-state index contributed by atoms with van der Waals surface area (Å²) >= 11 is 0. The van der Waals surface area contributed by atoms with E-state index in [1.807, 2.05) is 19.3 Å². The molecule has 0 saturated heterocycles. The predicted molar refractivity (Wildman–Crippen MR) is 71.2 cm³/mol. The first-order valence-corrected chi connectivity index (χ1v) is 6.21. The Morgan fingerprint density at radius 1 is 1.17 bits per heavy atom. The second kappa shape index (κ2) is 6.21. The van der Waals surface area contributed by atoms with E-state index >= 15 is 0 Å². The Hall–Kier alpha value is -1.81. The summed E-state index contributed by atoms with van der Waals surface area (Å²) in [7, 11) is 1.95. The van der Waals surface area contributed by atoms with E-state index in [-0.39, 0.29) is 6.04 Å². The van der Waals surface area contributed by atoms with Gasteiger partial charge in [0.25, 0.3) is 0 Å². The van der Waals surface area contributed by atoms with Crippen LogP contribution in [0.2, 0.25) is 0 Å². The van der Waals surface area contributed by atoms with Gasteiger partial charge in [0.05, 0.1) is 6.20 Å². The van der Waals surface area contributed by atoms with E-state index in [1.165, 1.54) is 5.56 Å². The van der Waals surface area contributed by atoms with Crippen LogP contribution in [-0.4, -0.2) is 22.2 Å². The standard InChI is InChI=1S/C14H18N4/c1-3-11-4-5-13(16-9-11)8-14(15-2)12-6-7-17-18-10-12/h4-7,9-10,14-15H,3,8H2,1-2H3. The maximum absolute atomic E-state index is 4.49. The molecule has 2 rings (SSSR count). The molecule has 0 fully saturated rings. The third kappa shape index (κ3) is 3.11. The summed E-state index contributed by atoms with van der Waals surface area (Å²) in [5.41, 5.74) is 3.49. The van der Waals surface area contributed by atoms with Crippen LogP contribution in [-0.2, 0) is 12.8 Å². The lowest BCUT2D eigenvalue weighted by Gasteiger charge is -2.15. The van der Waals surface area contributed by atoms with Crippen LogP contribution in [0.5, 0.6) is 0 Å². The topological polar surface area (TPSA) is 50.7 Å². The highest BCUT2D eigenvalue weighted by Crippen LogP contribution is 2.15. The first-order chi connectivity index (χ1) is 8.83. The molecule has 1 unspecified atom stereocenters. The number of hydrogen-bond acceptors (Lipinski definition) is 4. The van der Waals surface area contributed by atoms with Crippen molar-refractivity contribution >= 4 is 0 Å². The summed E-state index contributed by atoms with van der Waals surface area (Å²) < 4.78 is 0. The zero-order chi connectivity index (χ0) is 12.8. The van der Waals surface area contributed by atoms with Gasteiger partial charge in [0.2, 0.25) is 0 Å². The SMILES string of the molecule is CCc1ccc(CC(NC)c2ccnnc2)nc1. The minimum absolute atomic E-state index is 0.223. The van der Waals surface area contributed by atoms with Gasteiger partial charge < -0.3 is 5.32 Å². The zero-order valence-corrected chi connectivity index (χ0v) is 10.8. The normalized spacial score (nSPS) is 12.3. The molecule has 0 aliphatic heterocycles. The number of aryl methyl sites for hydroxylation is 1. The molecule has 0 saturated carbocycles. The molecule has 4 nitrogen and oxygen atoms in total. The van der Waals surface area contributed by atoms with Crippen molar-refractivity contribution < 1.29 is 0 Å². The summed E-state index contributed by atoms with van der Waals surface area (Å²) in [6.45, 7) is 2.13. The highest BCUT2D eigenvalue weighted by Gasteiger charge is 2.10. The van der Waals surface area contributed by atoms with E-state index in [0.29, 0.717) is 0 Å². The van der Waals surface area contributed by atoms with Gasteiger partial charge in [-0.25, -0.2) is 0 Å². The molecule has 0 amide bonds. The third-order valence-electron chi connectivity index (χ3n) is 3.07. The number of likely N-dealkylation sites (N-methyl/N-ethyl adjacent to an activating group) is 1. The fourth-order valence-corrected chi connectivity index (χ4v) is 1.89. The summed E-state index contributed by atoms with van der Waals surface area (Å²) in [4.78, 5) is 4.49. The minimum atomic E-state index is 0.223. The molecule has 2 aromatic heterocycles. The largest absolute Gasteiger partial charge is 0.313 e. The number of pyridine rings is 1. The van der Waals surface area contributed by atoms with Gasteiger partial charge >= 0.3 is 0 Å². The van der Waals surface area contributed by atoms with Gasteiger partial charge in [0.15, 0.2) is 0 Å². The quantitative estimate of drug-likeness (QED) is 0.870. The maximum Gasteiger partial charge on any atom is 0.0544 e. The predicted octanol–water partition coefficient (Wildman–Crippen LogP) is 1.94. The first-order valence-electron chi connectivity index (χ1n) is 6.21. The van der Waals surface area contributed by atoms with E-state index in [2.05, 4.69) is 39.6 Å². The van der Waals surface area contributed by atoms with Crippen molar-refractivity contribution in [3.8, 4) is 0 Å². The van der Waals surface area contributed by atoms with Gasteiger partial charge in [-0.05, 0) is 36.7 Å². The van der Waals surface area contributed by atoms with Crippen molar-refractivity contribution in [2.45, 2.75) is 25.8 Å². The Morgan fingerprint density at radius 2 is 2.06 bits per heavy atom. The second-order valence-corrected chi connectivity index (χ2v) is 4.23. The van der Waals surface area contributed by atoms with Crippen LogP contribution in [0.4, 0.5) is 0 Å². The van der Waals surface area contributed by atoms with Crippen LogP contribution in [0.25, 0.3) is 0 Å². The highest BCUT2D eigenvalue weighted by atomic mass is 15.1. The number of aromatic nitrogens is 3. The average molecular weight is 242 g/mol. The van der Waals surface area contributed by atoms with Gasteiger partial charge in [-0.2, -0.15) is 10.2 Å². The van der Waals surface area contributed by atoms with Crippen LogP contribution in [0.3, 0.4) is 0 Å². The first kappa shape index (κ1) is 12.6. The molecule has 0 radical (unpaired) electrons. The molecule has 1 atom stereocenters. The van der Waals surface area contributed by atoms with Gasteiger partial charge in [0, 0.05) is 30.6 Å². The van der Waals surface area contributed by atoms with Crippen LogP contribution in [0.15, 0.2) is 36.8 Å². The molecule has 2 heterocycles. The molecular weight excluding hydrogens is 224 g/mol. The van der Waals surface area contributed by atoms with Crippen molar-refractivity contribution in [2.75, 3.05) is 7.05 Å². The molecular formula is C14H18N4. The zero-order valence-electron chi connectivity index (χ0n) is 10.8. The molecule has 0 spiro atoms. The number of rotatable bonds is 5. The third-order valence-corrected chi connectivity index (χ3v) is 3.07. The van der Waals surface area contributed by atoms with E-state index in [0.717, 1.165) is 24.1 Å². The van der Waals surface area contributed by atoms with E-state index < -0.39 is 0 Å². The Morgan fingerprint density at radius 3 is 2.61 bits per heavy atom. The van der Waals surface area contributed by atoms with Crippen LogP contribution >= 0.6 is 0 Å². The second-order valence-electron chi connectivity index (χ2n) is 4.23. The maximum atomic E-state index is 4.49. The van der Waals surface area contributed by atoms with Crippen molar-refractivity contribution in [3.05, 3.63) is 53.6 Å².